The molecular weight excluding hydrogens is 232 g/mol. The molecule has 1 aromatic rings. The molecule has 4 heteroatoms. The van der Waals surface area contributed by atoms with E-state index in [-0.39, 0.29) is 6.61 Å². The van der Waals surface area contributed by atoms with Gasteiger partial charge in [0, 0.05) is 6.54 Å². The second kappa shape index (κ2) is 5.94. The topological polar surface area (TPSA) is 36.4 Å². The summed E-state index contributed by atoms with van der Waals surface area (Å²) in [5.41, 5.74) is 1.08. The van der Waals surface area contributed by atoms with Crippen LogP contribution in [-0.2, 0) is 19.6 Å². The molecule has 0 aliphatic carbocycles. The Morgan fingerprint density at radius 1 is 1.53 bits per heavy atom. The zero-order chi connectivity index (χ0) is 12.3. The Kier molecular flexibility index (Phi) is 4.54. The molecule has 1 fully saturated rings. The molecule has 1 aromatic heterocycles. The highest BCUT2D eigenvalue weighted by molar-refractivity contribution is 7.11. The maximum atomic E-state index is 9.27. The largest absolute Gasteiger partial charge is 0.391 e. The first-order valence-electron chi connectivity index (χ1n) is 6.53. The molecule has 96 valence electrons. The Balaban J connectivity index is 2.00. The van der Waals surface area contributed by atoms with E-state index >= 15 is 0 Å². The quantitative estimate of drug-likeness (QED) is 0.896. The lowest BCUT2D eigenvalue weighted by atomic mass is 10.0. The van der Waals surface area contributed by atoms with E-state index in [1.807, 2.05) is 0 Å². The summed E-state index contributed by atoms with van der Waals surface area (Å²) in [6, 6.07) is 0. The number of thiazole rings is 1. The maximum Gasteiger partial charge on any atom is 0.107 e. The molecule has 1 unspecified atom stereocenters. The third-order valence-electron chi connectivity index (χ3n) is 3.40. The summed E-state index contributed by atoms with van der Waals surface area (Å²) in [6.07, 6.45) is 3.58. The van der Waals surface area contributed by atoms with Gasteiger partial charge in [-0.3, -0.25) is 4.90 Å². The first-order valence-corrected chi connectivity index (χ1v) is 7.35. The zero-order valence-corrected chi connectivity index (χ0v) is 11.6. The molecule has 1 aliphatic rings. The van der Waals surface area contributed by atoms with Gasteiger partial charge < -0.3 is 5.11 Å². The van der Waals surface area contributed by atoms with Crippen LogP contribution >= 0.6 is 11.3 Å². The molecule has 1 atom stereocenters. The van der Waals surface area contributed by atoms with Gasteiger partial charge in [0.15, 0.2) is 0 Å². The molecule has 0 aromatic carbocycles. The lowest BCUT2D eigenvalue weighted by molar-refractivity contribution is 0.176. The van der Waals surface area contributed by atoms with Crippen LogP contribution in [0.1, 0.15) is 42.3 Å². The van der Waals surface area contributed by atoms with Crippen molar-refractivity contribution in [1.82, 2.24) is 9.88 Å². The average molecular weight is 254 g/mol. The van der Waals surface area contributed by atoms with Crippen molar-refractivity contribution in [2.45, 2.75) is 46.3 Å². The van der Waals surface area contributed by atoms with E-state index < -0.39 is 0 Å². The predicted molar refractivity (Wildman–Crippen MR) is 71.1 cm³/mol. The molecule has 3 nitrogen and oxygen atoms in total. The number of likely N-dealkylation sites (tertiary alicyclic amines) is 1. The van der Waals surface area contributed by atoms with Gasteiger partial charge in [-0.15, -0.1) is 11.3 Å². The smallest absolute Gasteiger partial charge is 0.107 e. The summed E-state index contributed by atoms with van der Waals surface area (Å²) in [5.74, 6) is 0.812. The molecule has 0 saturated carbocycles. The minimum absolute atomic E-state index is 0.136. The number of aromatic nitrogens is 1. The summed E-state index contributed by atoms with van der Waals surface area (Å²) < 4.78 is 0. The number of rotatable bonds is 4. The number of aryl methyl sites for hydroxylation is 1. The zero-order valence-electron chi connectivity index (χ0n) is 10.8. The second-order valence-electron chi connectivity index (χ2n) is 4.97. The summed E-state index contributed by atoms with van der Waals surface area (Å²) in [5, 5.41) is 10.4. The molecule has 0 amide bonds. The summed E-state index contributed by atoms with van der Waals surface area (Å²) in [4.78, 5) is 8.18. The first-order chi connectivity index (χ1) is 8.22. The van der Waals surface area contributed by atoms with Crippen molar-refractivity contribution >= 4 is 11.3 Å². The fraction of sp³-hybridized carbons (Fsp3) is 0.769. The lowest BCUT2D eigenvalue weighted by Gasteiger charge is -2.29. The number of aliphatic hydroxyl groups is 1. The van der Waals surface area contributed by atoms with Crippen LogP contribution in [0.5, 0.6) is 0 Å². The van der Waals surface area contributed by atoms with Gasteiger partial charge in [0.2, 0.25) is 0 Å². The van der Waals surface area contributed by atoms with Crippen LogP contribution in [0.25, 0.3) is 0 Å². The van der Waals surface area contributed by atoms with E-state index in [4.69, 9.17) is 0 Å². The van der Waals surface area contributed by atoms with Crippen LogP contribution in [0.4, 0.5) is 0 Å². The van der Waals surface area contributed by atoms with E-state index in [9.17, 15) is 5.11 Å². The van der Waals surface area contributed by atoms with Gasteiger partial charge in [-0.2, -0.15) is 0 Å². The Morgan fingerprint density at radius 2 is 2.35 bits per heavy atom. The van der Waals surface area contributed by atoms with Gasteiger partial charge in [0.1, 0.15) is 5.01 Å². The van der Waals surface area contributed by atoms with E-state index in [1.165, 1.54) is 30.9 Å². The number of piperidine rings is 1. The van der Waals surface area contributed by atoms with Crippen LogP contribution in [0.15, 0.2) is 0 Å². The van der Waals surface area contributed by atoms with E-state index in [0.717, 1.165) is 29.5 Å². The number of hydrogen-bond acceptors (Lipinski definition) is 4. The maximum absolute atomic E-state index is 9.27. The van der Waals surface area contributed by atoms with Crippen molar-refractivity contribution in [3.05, 3.63) is 15.6 Å². The molecule has 0 spiro atoms. The minimum atomic E-state index is 0.136. The normalized spacial score (nSPS) is 21.9. The van der Waals surface area contributed by atoms with Crippen LogP contribution < -0.4 is 0 Å². The van der Waals surface area contributed by atoms with Gasteiger partial charge in [-0.1, -0.05) is 13.8 Å². The van der Waals surface area contributed by atoms with Gasteiger partial charge >= 0.3 is 0 Å². The highest BCUT2D eigenvalue weighted by atomic mass is 32.1. The van der Waals surface area contributed by atoms with Crippen molar-refractivity contribution in [2.75, 3.05) is 13.1 Å². The summed E-state index contributed by atoms with van der Waals surface area (Å²) in [6.45, 7) is 7.90. The molecule has 2 heterocycles. The van der Waals surface area contributed by atoms with Crippen LogP contribution in [0.2, 0.25) is 0 Å². The average Bonchev–Trinajstić information content (AvgIpc) is 2.71. The van der Waals surface area contributed by atoms with Crippen molar-refractivity contribution in [1.29, 1.82) is 0 Å². The molecule has 1 aliphatic heterocycles. The standard InChI is InChI=1S/C13H22N2OS/c1-3-11-12(9-16)17-13(14-11)8-15-6-4-5-10(2)7-15/h10,16H,3-9H2,1-2H3. The highest BCUT2D eigenvalue weighted by Crippen LogP contribution is 2.23. The first kappa shape index (κ1) is 13.0. The van der Waals surface area contributed by atoms with Gasteiger partial charge in [-0.25, -0.2) is 4.98 Å². The number of nitrogens with zero attached hydrogens (tertiary/aromatic N) is 2. The molecule has 17 heavy (non-hydrogen) atoms. The van der Waals surface area contributed by atoms with E-state index in [1.54, 1.807) is 11.3 Å². The highest BCUT2D eigenvalue weighted by Gasteiger charge is 2.18. The number of aliphatic hydroxyl groups excluding tert-OH is 1. The molecule has 1 saturated heterocycles. The summed E-state index contributed by atoms with van der Waals surface area (Å²) >= 11 is 1.68. The Labute approximate surface area is 107 Å². The lowest BCUT2D eigenvalue weighted by Crippen LogP contribution is -2.33. The SMILES string of the molecule is CCc1nc(CN2CCCC(C)C2)sc1CO. The fourth-order valence-corrected chi connectivity index (χ4v) is 3.59. The van der Waals surface area contributed by atoms with Crippen molar-refractivity contribution in [3.8, 4) is 0 Å². The van der Waals surface area contributed by atoms with Crippen molar-refractivity contribution in [2.24, 2.45) is 5.92 Å². The Morgan fingerprint density at radius 3 is 2.94 bits per heavy atom. The van der Waals surface area contributed by atoms with E-state index in [0.29, 0.717) is 0 Å². The van der Waals surface area contributed by atoms with Crippen molar-refractivity contribution < 1.29 is 5.11 Å². The van der Waals surface area contributed by atoms with Crippen molar-refractivity contribution in [3.63, 3.8) is 0 Å². The predicted octanol–water partition coefficient (Wildman–Crippen LogP) is 2.43. The van der Waals surface area contributed by atoms with Gasteiger partial charge in [0.05, 0.1) is 23.7 Å². The monoisotopic (exact) mass is 254 g/mol. The summed E-state index contributed by atoms with van der Waals surface area (Å²) in [7, 11) is 0. The molecule has 0 radical (unpaired) electrons. The third-order valence-corrected chi connectivity index (χ3v) is 4.47. The second-order valence-corrected chi connectivity index (χ2v) is 6.14. The third kappa shape index (κ3) is 3.27. The van der Waals surface area contributed by atoms with Gasteiger partial charge in [0.25, 0.3) is 0 Å². The Hall–Kier alpha value is -0.450. The minimum Gasteiger partial charge on any atom is -0.391 e. The fourth-order valence-electron chi connectivity index (χ4n) is 2.53. The van der Waals surface area contributed by atoms with Crippen LogP contribution in [-0.4, -0.2) is 28.1 Å². The molecule has 1 N–H and O–H groups in total. The number of hydrogen-bond donors (Lipinski definition) is 1. The molecule has 0 bridgehead atoms. The molecule has 2 rings (SSSR count). The van der Waals surface area contributed by atoms with Crippen LogP contribution in [0, 0.1) is 5.92 Å². The van der Waals surface area contributed by atoms with E-state index in [2.05, 4.69) is 23.7 Å². The molecular formula is C13H22N2OS. The van der Waals surface area contributed by atoms with Gasteiger partial charge in [-0.05, 0) is 31.7 Å². The van der Waals surface area contributed by atoms with Crippen LogP contribution in [0.3, 0.4) is 0 Å². The Bertz CT molecular complexity index is 343.